The Hall–Kier alpha value is -2.50. The van der Waals surface area contributed by atoms with Crippen LogP contribution in [0.15, 0.2) is 48.5 Å². The van der Waals surface area contributed by atoms with Crippen LogP contribution in [0.3, 0.4) is 0 Å². The fourth-order valence-corrected chi connectivity index (χ4v) is 2.66. The van der Waals surface area contributed by atoms with E-state index in [0.29, 0.717) is 12.0 Å². The van der Waals surface area contributed by atoms with Crippen LogP contribution in [-0.4, -0.2) is 19.2 Å². The number of alkyl halides is 3. The molecule has 0 amide bonds. The highest BCUT2D eigenvalue weighted by Gasteiger charge is 2.34. The summed E-state index contributed by atoms with van der Waals surface area (Å²) in [6.07, 6.45) is -2.93. The SMILES string of the molecule is CCOC(=O)CCc1ccc(OCCCc2ccccc2)c(C(F)(F)F)c1. The standard InChI is InChI=1S/C21H23F3O3/c1-2-26-20(25)13-11-17-10-12-19(18(15-17)21(22,23)24)27-14-6-9-16-7-4-3-5-8-16/h3-5,7-8,10,12,15H,2,6,9,11,13-14H2,1H3. The van der Waals surface area contributed by atoms with Crippen LogP contribution in [0, 0.1) is 0 Å². The largest absolute Gasteiger partial charge is 0.493 e. The molecule has 0 fully saturated rings. The third-order valence-corrected chi connectivity index (χ3v) is 3.98. The van der Waals surface area contributed by atoms with E-state index in [1.54, 1.807) is 13.0 Å². The molecular weight excluding hydrogens is 357 g/mol. The van der Waals surface area contributed by atoms with Gasteiger partial charge in [0.1, 0.15) is 5.75 Å². The molecule has 0 aliphatic heterocycles. The summed E-state index contributed by atoms with van der Waals surface area (Å²) in [7, 11) is 0. The molecule has 146 valence electrons. The molecule has 27 heavy (non-hydrogen) atoms. The second kappa shape index (κ2) is 10.00. The first kappa shape index (κ1) is 20.8. The predicted molar refractivity (Wildman–Crippen MR) is 96.7 cm³/mol. The Morgan fingerprint density at radius 2 is 1.74 bits per heavy atom. The number of hydrogen-bond acceptors (Lipinski definition) is 3. The molecule has 0 saturated carbocycles. The molecule has 0 heterocycles. The molecule has 0 saturated heterocycles. The normalized spacial score (nSPS) is 11.3. The average Bonchev–Trinajstić information content (AvgIpc) is 2.64. The van der Waals surface area contributed by atoms with E-state index in [1.807, 2.05) is 30.3 Å². The highest BCUT2D eigenvalue weighted by molar-refractivity contribution is 5.69. The van der Waals surface area contributed by atoms with Gasteiger partial charge >= 0.3 is 12.1 Å². The third kappa shape index (κ3) is 6.96. The van der Waals surface area contributed by atoms with E-state index in [0.717, 1.165) is 18.1 Å². The Bertz CT molecular complexity index is 727. The van der Waals surface area contributed by atoms with E-state index in [2.05, 4.69) is 0 Å². The summed E-state index contributed by atoms with van der Waals surface area (Å²) in [4.78, 5) is 11.4. The van der Waals surface area contributed by atoms with Crippen LogP contribution in [-0.2, 0) is 28.5 Å². The van der Waals surface area contributed by atoms with Gasteiger partial charge in [0.2, 0.25) is 0 Å². The summed E-state index contributed by atoms with van der Waals surface area (Å²) in [5.74, 6) is -0.609. The van der Waals surface area contributed by atoms with Crippen LogP contribution < -0.4 is 4.74 Å². The quantitative estimate of drug-likeness (QED) is 0.442. The zero-order valence-corrected chi connectivity index (χ0v) is 15.2. The third-order valence-electron chi connectivity index (χ3n) is 3.98. The van der Waals surface area contributed by atoms with E-state index in [4.69, 9.17) is 9.47 Å². The first-order valence-corrected chi connectivity index (χ1v) is 8.92. The molecule has 2 aromatic rings. The van der Waals surface area contributed by atoms with Crippen molar-refractivity contribution in [3.8, 4) is 5.75 Å². The van der Waals surface area contributed by atoms with Crippen molar-refractivity contribution in [2.45, 2.75) is 38.8 Å². The summed E-state index contributed by atoms with van der Waals surface area (Å²) >= 11 is 0. The average molecular weight is 380 g/mol. The summed E-state index contributed by atoms with van der Waals surface area (Å²) in [6, 6.07) is 13.6. The van der Waals surface area contributed by atoms with E-state index < -0.39 is 17.7 Å². The van der Waals surface area contributed by atoms with Gasteiger partial charge < -0.3 is 9.47 Å². The van der Waals surface area contributed by atoms with Gasteiger partial charge in [-0.2, -0.15) is 13.2 Å². The molecule has 3 nitrogen and oxygen atoms in total. The minimum Gasteiger partial charge on any atom is -0.493 e. The molecule has 0 aliphatic carbocycles. The molecule has 0 spiro atoms. The Kier molecular flexibility index (Phi) is 7.70. The lowest BCUT2D eigenvalue weighted by Gasteiger charge is -2.15. The lowest BCUT2D eigenvalue weighted by atomic mass is 10.0. The Labute approximate surface area is 157 Å². The van der Waals surface area contributed by atoms with Crippen LogP contribution >= 0.6 is 0 Å². The monoisotopic (exact) mass is 380 g/mol. The van der Waals surface area contributed by atoms with Crippen LogP contribution in [0.5, 0.6) is 5.75 Å². The van der Waals surface area contributed by atoms with E-state index in [9.17, 15) is 18.0 Å². The minimum atomic E-state index is -4.52. The van der Waals surface area contributed by atoms with E-state index >= 15 is 0 Å². The topological polar surface area (TPSA) is 35.5 Å². The number of ether oxygens (including phenoxy) is 2. The number of carbonyl (C=O) groups excluding carboxylic acids is 1. The molecule has 0 unspecified atom stereocenters. The highest BCUT2D eigenvalue weighted by atomic mass is 19.4. The lowest BCUT2D eigenvalue weighted by molar-refractivity contribution is -0.143. The molecule has 0 aromatic heterocycles. The number of esters is 1. The fourth-order valence-electron chi connectivity index (χ4n) is 2.66. The number of aryl methyl sites for hydroxylation is 2. The van der Waals surface area contributed by atoms with Crippen molar-refractivity contribution < 1.29 is 27.4 Å². The van der Waals surface area contributed by atoms with Gasteiger partial charge in [-0.15, -0.1) is 0 Å². The zero-order chi connectivity index (χ0) is 19.7. The van der Waals surface area contributed by atoms with Gasteiger partial charge in [-0.3, -0.25) is 4.79 Å². The van der Waals surface area contributed by atoms with Gasteiger partial charge in [-0.25, -0.2) is 0 Å². The summed E-state index contributed by atoms with van der Waals surface area (Å²) in [5, 5.41) is 0. The lowest BCUT2D eigenvalue weighted by Crippen LogP contribution is -2.11. The Morgan fingerprint density at radius 1 is 1.00 bits per heavy atom. The van der Waals surface area contributed by atoms with Crippen molar-refractivity contribution in [2.75, 3.05) is 13.2 Å². The summed E-state index contributed by atoms with van der Waals surface area (Å²) < 4.78 is 50.2. The second-order valence-electron chi connectivity index (χ2n) is 6.07. The minimum absolute atomic E-state index is 0.0441. The summed E-state index contributed by atoms with van der Waals surface area (Å²) in [6.45, 7) is 2.13. The van der Waals surface area contributed by atoms with Crippen molar-refractivity contribution in [1.82, 2.24) is 0 Å². The van der Waals surface area contributed by atoms with E-state index in [1.165, 1.54) is 6.07 Å². The first-order chi connectivity index (χ1) is 12.9. The maximum Gasteiger partial charge on any atom is 0.419 e. The predicted octanol–water partition coefficient (Wildman–Crippen LogP) is 5.21. The van der Waals surface area contributed by atoms with Gasteiger partial charge in [-0.05, 0) is 49.4 Å². The number of hydrogen-bond donors (Lipinski definition) is 0. The van der Waals surface area contributed by atoms with Crippen molar-refractivity contribution >= 4 is 5.97 Å². The van der Waals surface area contributed by atoms with Crippen LogP contribution in [0.4, 0.5) is 13.2 Å². The number of carbonyl (C=O) groups is 1. The maximum absolute atomic E-state index is 13.4. The van der Waals surface area contributed by atoms with Crippen LogP contribution in [0.25, 0.3) is 0 Å². The van der Waals surface area contributed by atoms with Gasteiger partial charge in [0.15, 0.2) is 0 Å². The Balaban J connectivity index is 1.97. The van der Waals surface area contributed by atoms with Gasteiger partial charge in [0.25, 0.3) is 0 Å². The number of halogens is 3. The highest BCUT2D eigenvalue weighted by Crippen LogP contribution is 2.37. The fraction of sp³-hybridized carbons (Fsp3) is 0.381. The molecule has 0 radical (unpaired) electrons. The van der Waals surface area contributed by atoms with Crippen molar-refractivity contribution in [3.63, 3.8) is 0 Å². The molecule has 2 aromatic carbocycles. The van der Waals surface area contributed by atoms with E-state index in [-0.39, 0.29) is 31.8 Å². The molecule has 0 aliphatic rings. The first-order valence-electron chi connectivity index (χ1n) is 8.92. The Morgan fingerprint density at radius 3 is 2.41 bits per heavy atom. The second-order valence-corrected chi connectivity index (χ2v) is 6.07. The van der Waals surface area contributed by atoms with Crippen molar-refractivity contribution in [1.29, 1.82) is 0 Å². The molecule has 0 N–H and O–H groups in total. The smallest absolute Gasteiger partial charge is 0.419 e. The van der Waals surface area contributed by atoms with Gasteiger partial charge in [0, 0.05) is 6.42 Å². The molecule has 2 rings (SSSR count). The van der Waals surface area contributed by atoms with Gasteiger partial charge in [-0.1, -0.05) is 36.4 Å². The molecule has 0 atom stereocenters. The maximum atomic E-state index is 13.4. The molecule has 6 heteroatoms. The van der Waals surface area contributed by atoms with Crippen LogP contribution in [0.2, 0.25) is 0 Å². The molecular formula is C21H23F3O3. The van der Waals surface area contributed by atoms with Gasteiger partial charge in [0.05, 0.1) is 18.8 Å². The van der Waals surface area contributed by atoms with Crippen molar-refractivity contribution in [3.05, 3.63) is 65.2 Å². The van der Waals surface area contributed by atoms with Crippen molar-refractivity contribution in [2.24, 2.45) is 0 Å². The van der Waals surface area contributed by atoms with Crippen LogP contribution in [0.1, 0.15) is 36.5 Å². The number of rotatable bonds is 9. The molecule has 0 bridgehead atoms. The zero-order valence-electron chi connectivity index (χ0n) is 15.2. The number of benzene rings is 2. The summed E-state index contributed by atoms with van der Waals surface area (Å²) in [5.41, 5.74) is 0.724.